The van der Waals surface area contributed by atoms with Crippen LogP contribution in [-0.2, 0) is 0 Å². The van der Waals surface area contributed by atoms with Crippen LogP contribution in [0.3, 0.4) is 0 Å². The molecule has 11 heavy (non-hydrogen) atoms. The summed E-state index contributed by atoms with van der Waals surface area (Å²) < 4.78 is 0. The Balaban J connectivity index is 4.32. The third kappa shape index (κ3) is 2.15. The Bertz CT molecular complexity index is 117. The van der Waals surface area contributed by atoms with Crippen molar-refractivity contribution in [2.45, 2.75) is 31.9 Å². The van der Waals surface area contributed by atoms with E-state index in [1.807, 2.05) is 32.8 Å². The van der Waals surface area contributed by atoms with Gasteiger partial charge in [0.05, 0.1) is 18.2 Å². The van der Waals surface area contributed by atoms with Crippen LogP contribution in [0.1, 0.15) is 20.3 Å². The molecule has 3 heteroatoms. The number of aliphatic hydroxyl groups is 2. The average Bonchev–Trinajstić information content (AvgIpc) is 2.01. The van der Waals surface area contributed by atoms with Gasteiger partial charge in [-0.3, -0.25) is 4.90 Å². The van der Waals surface area contributed by atoms with Gasteiger partial charge in [0, 0.05) is 0 Å². The number of rotatable bonds is 4. The molecule has 0 spiro atoms. The van der Waals surface area contributed by atoms with Gasteiger partial charge in [0.1, 0.15) is 0 Å². The Hall–Kier alpha value is -0.120. The molecule has 0 saturated carbocycles. The molecule has 0 saturated heterocycles. The van der Waals surface area contributed by atoms with Gasteiger partial charge in [-0.05, 0) is 27.4 Å². The van der Waals surface area contributed by atoms with E-state index in [0.29, 0.717) is 6.42 Å². The highest BCUT2D eigenvalue weighted by atomic mass is 16.3. The fraction of sp³-hybridized carbons (Fsp3) is 1.00. The van der Waals surface area contributed by atoms with Gasteiger partial charge in [0.2, 0.25) is 0 Å². The van der Waals surface area contributed by atoms with Crippen LogP contribution in [0.4, 0.5) is 0 Å². The molecule has 0 bridgehead atoms. The summed E-state index contributed by atoms with van der Waals surface area (Å²) in [6, 6.07) is 0. The van der Waals surface area contributed by atoms with Crippen LogP contribution in [0.15, 0.2) is 0 Å². The largest absolute Gasteiger partial charge is 0.394 e. The van der Waals surface area contributed by atoms with E-state index in [0.717, 1.165) is 0 Å². The molecule has 3 nitrogen and oxygen atoms in total. The molecule has 0 aliphatic rings. The summed E-state index contributed by atoms with van der Waals surface area (Å²) in [7, 11) is 3.71. The van der Waals surface area contributed by atoms with Crippen LogP contribution in [0, 0.1) is 0 Å². The van der Waals surface area contributed by atoms with E-state index in [4.69, 9.17) is 5.11 Å². The number of hydrogen-bond donors (Lipinski definition) is 2. The Morgan fingerprint density at radius 3 is 2.00 bits per heavy atom. The molecule has 0 aliphatic heterocycles. The highest BCUT2D eigenvalue weighted by molar-refractivity contribution is 4.88. The van der Waals surface area contributed by atoms with Crippen molar-refractivity contribution in [3.63, 3.8) is 0 Å². The fourth-order valence-corrected chi connectivity index (χ4v) is 0.985. The Kier molecular flexibility index (Phi) is 4.00. The average molecular weight is 161 g/mol. The third-order valence-corrected chi connectivity index (χ3v) is 2.45. The van der Waals surface area contributed by atoms with Crippen LogP contribution < -0.4 is 0 Å². The first-order valence-electron chi connectivity index (χ1n) is 3.95. The Morgan fingerprint density at radius 2 is 1.91 bits per heavy atom. The molecule has 0 fully saturated rings. The highest BCUT2D eigenvalue weighted by Crippen LogP contribution is 2.17. The van der Waals surface area contributed by atoms with Crippen LogP contribution in [0.5, 0.6) is 0 Å². The highest BCUT2D eigenvalue weighted by Gasteiger charge is 2.33. The lowest BCUT2D eigenvalue weighted by Crippen LogP contribution is -2.53. The summed E-state index contributed by atoms with van der Waals surface area (Å²) in [6.07, 6.45) is 0.192. The molecular formula is C8H19NO2. The third-order valence-electron chi connectivity index (χ3n) is 2.45. The predicted octanol–water partition coefficient (Wildman–Crippen LogP) is 0.0699. The monoisotopic (exact) mass is 161 g/mol. The molecule has 2 unspecified atom stereocenters. The van der Waals surface area contributed by atoms with Crippen molar-refractivity contribution in [3.05, 3.63) is 0 Å². The smallest absolute Gasteiger partial charge is 0.0740 e. The van der Waals surface area contributed by atoms with E-state index in [1.54, 1.807) is 0 Å². The Morgan fingerprint density at radius 1 is 1.45 bits per heavy atom. The summed E-state index contributed by atoms with van der Waals surface area (Å²) >= 11 is 0. The maximum absolute atomic E-state index is 9.55. The summed E-state index contributed by atoms with van der Waals surface area (Å²) in [4.78, 5) is 1.85. The zero-order valence-electron chi connectivity index (χ0n) is 7.83. The van der Waals surface area contributed by atoms with Gasteiger partial charge < -0.3 is 10.2 Å². The SMILES string of the molecule is CCC(O)C(C)(CO)N(C)C. The summed E-state index contributed by atoms with van der Waals surface area (Å²) in [5.74, 6) is 0. The number of aliphatic hydroxyl groups excluding tert-OH is 2. The molecule has 0 rings (SSSR count). The van der Waals surface area contributed by atoms with Gasteiger partial charge in [-0.15, -0.1) is 0 Å². The number of nitrogens with zero attached hydrogens (tertiary/aromatic N) is 1. The van der Waals surface area contributed by atoms with Gasteiger partial charge in [-0.25, -0.2) is 0 Å². The van der Waals surface area contributed by atoms with E-state index in [1.165, 1.54) is 0 Å². The molecule has 0 aromatic carbocycles. The molecular weight excluding hydrogens is 142 g/mol. The van der Waals surface area contributed by atoms with Crippen molar-refractivity contribution in [3.8, 4) is 0 Å². The van der Waals surface area contributed by atoms with Crippen LogP contribution in [0.2, 0.25) is 0 Å². The standard InChI is InChI=1S/C8H19NO2/c1-5-7(11)8(2,6-10)9(3)4/h7,10-11H,5-6H2,1-4H3. The van der Waals surface area contributed by atoms with Crippen molar-refractivity contribution in [1.29, 1.82) is 0 Å². The van der Waals surface area contributed by atoms with Crippen LogP contribution in [0.25, 0.3) is 0 Å². The van der Waals surface area contributed by atoms with Crippen LogP contribution >= 0.6 is 0 Å². The molecule has 68 valence electrons. The number of hydrogen-bond acceptors (Lipinski definition) is 3. The van der Waals surface area contributed by atoms with Gasteiger partial charge in [0.25, 0.3) is 0 Å². The van der Waals surface area contributed by atoms with E-state index in [2.05, 4.69) is 0 Å². The normalized spacial score (nSPS) is 19.9. The lowest BCUT2D eigenvalue weighted by Gasteiger charge is -2.38. The van der Waals surface area contributed by atoms with Crippen molar-refractivity contribution >= 4 is 0 Å². The van der Waals surface area contributed by atoms with E-state index in [-0.39, 0.29) is 6.61 Å². The summed E-state index contributed by atoms with van der Waals surface area (Å²) in [6.45, 7) is 3.73. The molecule has 2 N–H and O–H groups in total. The topological polar surface area (TPSA) is 43.7 Å². The van der Waals surface area contributed by atoms with Crippen molar-refractivity contribution < 1.29 is 10.2 Å². The first-order valence-corrected chi connectivity index (χ1v) is 3.95. The van der Waals surface area contributed by atoms with Gasteiger partial charge in [-0.2, -0.15) is 0 Å². The van der Waals surface area contributed by atoms with Gasteiger partial charge in [-0.1, -0.05) is 6.92 Å². The molecule has 0 heterocycles. The second-order valence-corrected chi connectivity index (χ2v) is 3.33. The molecule has 0 aliphatic carbocycles. The second-order valence-electron chi connectivity index (χ2n) is 3.33. The first kappa shape index (κ1) is 10.9. The zero-order valence-corrected chi connectivity index (χ0v) is 7.83. The van der Waals surface area contributed by atoms with E-state index >= 15 is 0 Å². The minimum Gasteiger partial charge on any atom is -0.394 e. The summed E-state index contributed by atoms with van der Waals surface area (Å²) in [5.41, 5.74) is -0.505. The fourth-order valence-electron chi connectivity index (χ4n) is 0.985. The molecule has 0 aromatic rings. The minimum absolute atomic E-state index is 0.0188. The summed E-state index contributed by atoms with van der Waals surface area (Å²) in [5, 5.41) is 18.6. The van der Waals surface area contributed by atoms with Crippen LogP contribution in [-0.4, -0.2) is 47.5 Å². The van der Waals surface area contributed by atoms with Crippen molar-refractivity contribution in [1.82, 2.24) is 4.90 Å². The maximum Gasteiger partial charge on any atom is 0.0740 e. The predicted molar refractivity (Wildman–Crippen MR) is 45.5 cm³/mol. The second kappa shape index (κ2) is 4.04. The number of likely N-dealkylation sites (N-methyl/N-ethyl adjacent to an activating group) is 1. The lowest BCUT2D eigenvalue weighted by molar-refractivity contribution is -0.0317. The molecule has 0 aromatic heterocycles. The molecule has 0 radical (unpaired) electrons. The zero-order chi connectivity index (χ0) is 9.07. The quantitative estimate of drug-likeness (QED) is 0.613. The van der Waals surface area contributed by atoms with E-state index in [9.17, 15) is 5.11 Å². The lowest BCUT2D eigenvalue weighted by atomic mass is 9.92. The van der Waals surface area contributed by atoms with E-state index < -0.39 is 11.6 Å². The Labute approximate surface area is 68.6 Å². The molecule has 2 atom stereocenters. The van der Waals surface area contributed by atoms with Gasteiger partial charge >= 0.3 is 0 Å². The molecule has 0 amide bonds. The van der Waals surface area contributed by atoms with Crippen molar-refractivity contribution in [2.75, 3.05) is 20.7 Å². The van der Waals surface area contributed by atoms with Crippen molar-refractivity contribution in [2.24, 2.45) is 0 Å². The minimum atomic E-state index is -0.505. The first-order chi connectivity index (χ1) is 4.99. The van der Waals surface area contributed by atoms with Gasteiger partial charge in [0.15, 0.2) is 0 Å². The maximum atomic E-state index is 9.55.